The number of rotatable bonds is 23. The van der Waals surface area contributed by atoms with Gasteiger partial charge < -0.3 is 28.4 Å². The first kappa shape index (κ1) is 51.7. The largest absolute Gasteiger partial charge is 0.695 e. The quantitative estimate of drug-likeness (QED) is 0.0213. The number of H-pyrrole nitrogens is 1. The minimum atomic E-state index is -3.92. The summed E-state index contributed by atoms with van der Waals surface area (Å²) in [4.78, 5) is 62.8. The lowest BCUT2D eigenvalue weighted by atomic mass is 9.80. The van der Waals surface area contributed by atoms with Gasteiger partial charge in [0.25, 0.3) is 5.56 Å². The molecule has 8 rings (SSSR count). The number of aromatic nitrogens is 8. The third-order valence-electron chi connectivity index (χ3n) is 11.5. The minimum absolute atomic E-state index is 0.0523. The first-order valence-electron chi connectivity index (χ1n) is 22.3. The Labute approximate surface area is 413 Å². The molecule has 7 aromatic rings. The number of ether oxygens (including phenoxy) is 4. The first-order valence-corrected chi connectivity index (χ1v) is 25.0. The first-order chi connectivity index (χ1) is 34.8. The van der Waals surface area contributed by atoms with Crippen molar-refractivity contribution in [2.45, 2.75) is 57.2 Å². The molecule has 1 saturated heterocycles. The molecule has 6 atom stereocenters. The molecule has 2 unspecified atom stereocenters. The van der Waals surface area contributed by atoms with Crippen molar-refractivity contribution in [3.8, 4) is 11.5 Å². The van der Waals surface area contributed by atoms with Crippen molar-refractivity contribution in [1.82, 2.24) is 39.0 Å². The predicted molar refractivity (Wildman–Crippen MR) is 260 cm³/mol. The zero-order valence-electron chi connectivity index (χ0n) is 39.2. The lowest BCUT2D eigenvalue weighted by molar-refractivity contribution is -0.118. The highest BCUT2D eigenvalue weighted by molar-refractivity contribution is 7.85. The zero-order valence-corrected chi connectivity index (χ0v) is 41.0. The molecule has 0 aliphatic carbocycles. The Morgan fingerprint density at radius 3 is 2.29 bits per heavy atom. The van der Waals surface area contributed by atoms with Gasteiger partial charge in [-0.25, -0.2) is 44.5 Å². The number of halogens is 1. The second kappa shape index (κ2) is 22.8. The van der Waals surface area contributed by atoms with Crippen molar-refractivity contribution in [3.05, 3.63) is 142 Å². The summed E-state index contributed by atoms with van der Waals surface area (Å²) >= 11 is 0. The fourth-order valence-corrected chi connectivity index (χ4v) is 9.66. The van der Waals surface area contributed by atoms with E-state index >= 15 is 4.39 Å². The summed E-state index contributed by atoms with van der Waals surface area (Å²) < 4.78 is 78.6. The number of aromatic amines is 1. The van der Waals surface area contributed by atoms with Crippen LogP contribution in [-0.2, 0) is 55.7 Å². The van der Waals surface area contributed by atoms with Gasteiger partial charge in [0.05, 0.1) is 33.3 Å². The zero-order chi connectivity index (χ0) is 51.0. The number of hydrogen-bond donors (Lipinski definition) is 3. The van der Waals surface area contributed by atoms with Gasteiger partial charge in [0, 0.05) is 10.5 Å². The van der Waals surface area contributed by atoms with Crippen molar-refractivity contribution in [2.75, 3.05) is 45.9 Å². The van der Waals surface area contributed by atoms with Gasteiger partial charge >= 0.3 is 8.25 Å². The van der Waals surface area contributed by atoms with E-state index in [2.05, 4.69) is 35.1 Å². The standard InChI is InChI=1S/C46H46BFN10O12P2/c1-28(2)42(59)55-45-54-41-38(43(60)56-45)52-27-58(41)44-39(70-71(61)62)37(48)35(69-44)24-68-72(47,66-21-19-49-3)67-22-20-57-36(53-34-23-50-26-51-40(34)57)25-65-46(29-9-7-6-8-10-29,30-11-15-32(63-4)16-12-30)31-13-17-33(64-5)18-14-31/h6-18,23,26-28,35,37,39,44H,19-22,24-25H2,1-2,4-5H3,(H-2,54,55,56,59,60,61,62)/q-1/p+2/t35-,37-,39-,44-,72?/m1/s1. The number of fused-ring (bicyclic) bond motifs is 2. The van der Waals surface area contributed by atoms with Gasteiger partial charge in [-0.15, -0.1) is 9.42 Å². The van der Waals surface area contributed by atoms with Gasteiger partial charge in [-0.2, -0.15) is 12.5 Å². The van der Waals surface area contributed by atoms with Crippen LogP contribution in [0.4, 0.5) is 10.3 Å². The molecule has 1 fully saturated rings. The van der Waals surface area contributed by atoms with Crippen LogP contribution in [0.2, 0.25) is 0 Å². The monoisotopic (exact) mass is 1020 g/mol. The van der Waals surface area contributed by atoms with Crippen LogP contribution in [0, 0.1) is 12.5 Å². The van der Waals surface area contributed by atoms with Crippen molar-refractivity contribution < 1.29 is 55.7 Å². The number of methoxy groups -OCH3 is 2. The fourth-order valence-electron chi connectivity index (χ4n) is 7.98. The van der Waals surface area contributed by atoms with E-state index in [-0.39, 0.29) is 50.0 Å². The number of imidazole rings is 2. The molecule has 1 aliphatic heterocycles. The Bertz CT molecular complexity index is 3060. The number of carbonyl (C=O) groups excluding carboxylic acids is 1. The summed E-state index contributed by atoms with van der Waals surface area (Å²) in [5.41, 5.74) is 1.01. The second-order valence-corrected chi connectivity index (χ2v) is 18.8. The summed E-state index contributed by atoms with van der Waals surface area (Å²) in [5.74, 6) is 0.606. The molecule has 373 valence electrons. The average molecular weight is 1020 g/mol. The van der Waals surface area contributed by atoms with Gasteiger partial charge in [0.15, 0.2) is 41.9 Å². The van der Waals surface area contributed by atoms with Gasteiger partial charge in [-0.3, -0.25) is 24.5 Å². The Morgan fingerprint density at radius 1 is 0.986 bits per heavy atom. The molecule has 1 amide bonds. The highest BCUT2D eigenvalue weighted by atomic mass is 31.2. The van der Waals surface area contributed by atoms with Crippen LogP contribution in [-0.4, -0.2) is 116 Å². The molecular weight excluding hydrogens is 976 g/mol. The molecule has 3 radical (unpaired) electrons. The molecule has 5 heterocycles. The summed E-state index contributed by atoms with van der Waals surface area (Å²) in [7, 11) is 2.55. The molecule has 0 bridgehead atoms. The van der Waals surface area contributed by atoms with Crippen LogP contribution in [0.1, 0.15) is 42.6 Å². The van der Waals surface area contributed by atoms with Crippen LogP contribution in [0.3, 0.4) is 0 Å². The molecule has 3 N–H and O–H groups in total. The number of hydrogen-bond acceptors (Lipinski definition) is 16. The summed E-state index contributed by atoms with van der Waals surface area (Å²) in [5, 5.41) is 2.49. The second-order valence-electron chi connectivity index (χ2n) is 16.3. The summed E-state index contributed by atoms with van der Waals surface area (Å²) in [6.07, 6.45) is -2.92. The van der Waals surface area contributed by atoms with Crippen LogP contribution in [0.5, 0.6) is 11.5 Å². The molecule has 0 saturated carbocycles. The fraction of sp³-hybridized carbons (Fsp3) is 0.348. The van der Waals surface area contributed by atoms with E-state index in [0.717, 1.165) is 27.6 Å². The normalized spacial score (nSPS) is 18.0. The molecular formula is C46H48BFN10O12P2+. The number of nitrogens with one attached hydrogen (secondary N) is 2. The summed E-state index contributed by atoms with van der Waals surface area (Å²) in [6.45, 7) is 9.40. The van der Waals surface area contributed by atoms with E-state index in [1.54, 1.807) is 38.8 Å². The van der Waals surface area contributed by atoms with Gasteiger partial charge in [-0.1, -0.05) is 68.4 Å². The lowest BCUT2D eigenvalue weighted by Crippen LogP contribution is -2.33. The highest BCUT2D eigenvalue weighted by Crippen LogP contribution is 2.58. The van der Waals surface area contributed by atoms with Crippen LogP contribution < -0.4 is 20.3 Å². The molecule has 26 heteroatoms. The van der Waals surface area contributed by atoms with E-state index in [0.29, 0.717) is 28.5 Å². The minimum Gasteiger partial charge on any atom is -0.497 e. The number of anilines is 1. The third kappa shape index (κ3) is 11.2. The maximum Gasteiger partial charge on any atom is 0.695 e. The number of benzene rings is 3. The average Bonchev–Trinajstić information content (AvgIpc) is 4.06. The summed E-state index contributed by atoms with van der Waals surface area (Å²) in [6, 6.07) is 24.9. The maximum atomic E-state index is 16.4. The number of amides is 1. The van der Waals surface area contributed by atoms with Crippen molar-refractivity contribution >= 4 is 57.8 Å². The van der Waals surface area contributed by atoms with Crippen molar-refractivity contribution in [2.24, 2.45) is 5.92 Å². The Kier molecular flexibility index (Phi) is 16.4. The lowest BCUT2D eigenvalue weighted by Gasteiger charge is -2.36. The molecule has 3 aromatic carbocycles. The highest BCUT2D eigenvalue weighted by Gasteiger charge is 2.53. The Morgan fingerprint density at radius 2 is 1.65 bits per heavy atom. The molecule has 1 aliphatic rings. The van der Waals surface area contributed by atoms with Gasteiger partial charge in [0.1, 0.15) is 68.5 Å². The maximum absolute atomic E-state index is 16.4. The Hall–Kier alpha value is -6.64. The Balaban J connectivity index is 1.05. The van der Waals surface area contributed by atoms with E-state index in [1.807, 2.05) is 78.9 Å². The number of alkyl halides is 1. The van der Waals surface area contributed by atoms with Crippen LogP contribution in [0.25, 0.3) is 27.2 Å². The molecule has 0 spiro atoms. The van der Waals surface area contributed by atoms with Crippen molar-refractivity contribution in [3.63, 3.8) is 0 Å². The third-order valence-corrected chi connectivity index (χ3v) is 13.5. The van der Waals surface area contributed by atoms with Crippen LogP contribution in [0.15, 0.2) is 103 Å². The molecule has 4 aromatic heterocycles. The van der Waals surface area contributed by atoms with Crippen molar-refractivity contribution in [1.29, 1.82) is 0 Å². The topological polar surface area (TPSA) is 252 Å². The van der Waals surface area contributed by atoms with E-state index in [1.165, 1.54) is 6.33 Å². The SMILES string of the molecule is [B-][P+](OCC[N+]#[C-])(OCCn1c(COC(c2ccccc2)(c2ccc(OC)cc2)c2ccc(OC)cc2)nc2cncnc21)OC[C@H]1O[C@@H](n2cnc3c(=O)[nH]c(NC(=O)C(C)C)nc32)[C@H](O[P+](=O)O)[C@@H]1F. The van der Waals surface area contributed by atoms with Crippen LogP contribution >= 0.6 is 16.1 Å². The molecule has 22 nitrogen and oxygen atoms in total. The number of nitrogens with zero attached hydrogens (tertiary/aromatic N) is 8. The van der Waals surface area contributed by atoms with Gasteiger partial charge in [0.2, 0.25) is 18.4 Å². The predicted octanol–water partition coefficient (Wildman–Crippen LogP) is 6.17. The van der Waals surface area contributed by atoms with E-state index < -0.39 is 70.3 Å². The van der Waals surface area contributed by atoms with E-state index in [4.69, 9.17) is 56.2 Å². The molecule has 72 heavy (non-hydrogen) atoms. The van der Waals surface area contributed by atoms with Gasteiger partial charge in [-0.05, 0) is 41.0 Å². The van der Waals surface area contributed by atoms with E-state index in [9.17, 15) is 19.0 Å². The smallest absolute Gasteiger partial charge is 0.497 e. The number of carbonyl (C=O) groups is 1.